The molecular weight excluding hydrogens is 429 g/mol. The summed E-state index contributed by atoms with van der Waals surface area (Å²) in [5.74, 6) is -1.13. The summed E-state index contributed by atoms with van der Waals surface area (Å²) >= 11 is 0. The monoisotopic (exact) mass is 448 g/mol. The van der Waals surface area contributed by atoms with E-state index in [0.717, 1.165) is 25.3 Å². The van der Waals surface area contributed by atoms with Crippen molar-refractivity contribution in [3.8, 4) is 5.88 Å². The predicted molar refractivity (Wildman–Crippen MR) is 97.4 cm³/mol. The molecule has 2 aromatic rings. The number of nitrogens with one attached hydrogen (secondary N) is 1. The van der Waals surface area contributed by atoms with Crippen molar-refractivity contribution in [3.05, 3.63) is 30.7 Å². The van der Waals surface area contributed by atoms with Gasteiger partial charge in [0.2, 0.25) is 20.7 Å². The van der Waals surface area contributed by atoms with Crippen molar-refractivity contribution < 1.29 is 35.6 Å². The molecule has 1 atom stereocenters. The quantitative estimate of drug-likeness (QED) is 0.722. The molecule has 0 radical (unpaired) electrons. The molecule has 30 heavy (non-hydrogen) atoms. The summed E-state index contributed by atoms with van der Waals surface area (Å²) in [6.45, 7) is -1.87. The number of hydrogen-bond donors (Lipinski definition) is 1. The van der Waals surface area contributed by atoms with Crippen molar-refractivity contribution in [3.63, 3.8) is 0 Å². The van der Waals surface area contributed by atoms with Crippen LogP contribution in [0.15, 0.2) is 40.1 Å². The Labute approximate surface area is 170 Å². The van der Waals surface area contributed by atoms with Gasteiger partial charge in [0.15, 0.2) is 5.82 Å². The lowest BCUT2D eigenvalue weighted by atomic mass is 9.92. The van der Waals surface area contributed by atoms with E-state index in [2.05, 4.69) is 24.7 Å². The standard InChI is InChI=1S/C17H19F3N4O5S/c1-17(20,30(26,27)12-2-3-14(21-10-12)29-15(18)19)11-4-7-24(8-5-11)16(25)22-13-6-9-28-23-13/h2-3,6,9-11,15H,4-5,7-8H2,1H3,(H,22,23,25)/t17-/m0/s1. The molecular formula is C17H19F3N4O5S. The van der Waals surface area contributed by atoms with Crippen molar-refractivity contribution in [2.24, 2.45) is 5.92 Å². The van der Waals surface area contributed by atoms with Gasteiger partial charge in [0.1, 0.15) is 6.26 Å². The topological polar surface area (TPSA) is 115 Å². The Morgan fingerprint density at radius 2 is 2.03 bits per heavy atom. The fraction of sp³-hybridized carbons (Fsp3) is 0.471. The largest absolute Gasteiger partial charge is 0.417 e. The molecule has 9 nitrogen and oxygen atoms in total. The molecule has 0 aliphatic carbocycles. The molecule has 1 saturated heterocycles. The van der Waals surface area contributed by atoms with E-state index in [1.807, 2.05) is 0 Å². The second-order valence-corrected chi connectivity index (χ2v) is 9.05. The molecule has 0 bridgehead atoms. The SMILES string of the molecule is C[C@@](F)(C1CCN(C(=O)Nc2ccon2)CC1)S(=O)(=O)c1ccc(OC(F)F)nc1. The van der Waals surface area contributed by atoms with Crippen LogP contribution in [-0.4, -0.2) is 54.2 Å². The molecule has 0 aromatic carbocycles. The van der Waals surface area contributed by atoms with Crippen molar-refractivity contribution in [2.75, 3.05) is 18.4 Å². The molecule has 1 fully saturated rings. The summed E-state index contributed by atoms with van der Waals surface area (Å²) in [6, 6.07) is 2.91. The summed E-state index contributed by atoms with van der Waals surface area (Å²) in [7, 11) is -4.48. The van der Waals surface area contributed by atoms with Crippen LogP contribution in [0.4, 0.5) is 23.8 Å². The van der Waals surface area contributed by atoms with E-state index in [1.54, 1.807) is 0 Å². The maximum absolute atomic E-state index is 15.5. The number of hydrogen-bond acceptors (Lipinski definition) is 7. The minimum Gasteiger partial charge on any atom is -0.417 e. The number of urea groups is 1. The predicted octanol–water partition coefficient (Wildman–Crippen LogP) is 3.07. The molecule has 0 spiro atoms. The van der Waals surface area contributed by atoms with E-state index in [9.17, 15) is 22.0 Å². The molecule has 2 aromatic heterocycles. The lowest BCUT2D eigenvalue weighted by Crippen LogP contribution is -2.48. The highest BCUT2D eigenvalue weighted by molar-refractivity contribution is 7.92. The number of sulfone groups is 1. The first-order valence-corrected chi connectivity index (χ1v) is 10.4. The number of piperidine rings is 1. The minimum absolute atomic E-state index is 0.110. The van der Waals surface area contributed by atoms with Crippen LogP contribution in [0.1, 0.15) is 19.8 Å². The lowest BCUT2D eigenvalue weighted by molar-refractivity contribution is -0.0529. The average Bonchev–Trinajstić information content (AvgIpc) is 3.21. The molecule has 13 heteroatoms. The molecule has 1 aliphatic heterocycles. The van der Waals surface area contributed by atoms with Gasteiger partial charge in [0.25, 0.3) is 0 Å². The normalized spacial score (nSPS) is 17.6. The summed E-state index contributed by atoms with van der Waals surface area (Å²) in [5, 5.41) is 3.44. The van der Waals surface area contributed by atoms with Gasteiger partial charge < -0.3 is 14.2 Å². The number of rotatable bonds is 6. The number of aromatic nitrogens is 2. The fourth-order valence-corrected chi connectivity index (χ4v) is 4.77. The van der Waals surface area contributed by atoms with Gasteiger partial charge in [-0.2, -0.15) is 8.78 Å². The first-order valence-electron chi connectivity index (χ1n) is 8.92. The van der Waals surface area contributed by atoms with E-state index in [-0.39, 0.29) is 31.7 Å². The van der Waals surface area contributed by atoms with E-state index >= 15 is 4.39 Å². The Balaban J connectivity index is 1.65. The van der Waals surface area contributed by atoms with Crippen molar-refractivity contribution in [1.29, 1.82) is 0 Å². The molecule has 2 amide bonds. The Kier molecular flexibility index (Phi) is 6.19. The highest BCUT2D eigenvalue weighted by Crippen LogP contribution is 2.39. The number of halogens is 3. The number of amides is 2. The van der Waals surface area contributed by atoms with Crippen LogP contribution >= 0.6 is 0 Å². The number of pyridine rings is 1. The number of ether oxygens (including phenoxy) is 1. The maximum atomic E-state index is 15.5. The summed E-state index contributed by atoms with van der Waals surface area (Å²) in [4.78, 5) is 16.7. The average molecular weight is 448 g/mol. The molecule has 164 valence electrons. The van der Waals surface area contributed by atoms with Crippen LogP contribution in [0.2, 0.25) is 0 Å². The van der Waals surface area contributed by atoms with E-state index in [4.69, 9.17) is 0 Å². The third kappa shape index (κ3) is 4.50. The van der Waals surface area contributed by atoms with Crippen LogP contribution < -0.4 is 10.1 Å². The van der Waals surface area contributed by atoms with Gasteiger partial charge in [0.05, 0.1) is 4.90 Å². The molecule has 1 aliphatic rings. The Hall–Kier alpha value is -2.83. The van der Waals surface area contributed by atoms with Crippen molar-refractivity contribution >= 4 is 21.7 Å². The van der Waals surface area contributed by atoms with Gasteiger partial charge >= 0.3 is 12.6 Å². The summed E-state index contributed by atoms with van der Waals surface area (Å²) < 4.78 is 74.2. The minimum atomic E-state index is -4.48. The molecule has 3 rings (SSSR count). The second kappa shape index (κ2) is 8.50. The Bertz CT molecular complexity index is 960. The number of carbonyl (C=O) groups excluding carboxylic acids is 1. The lowest BCUT2D eigenvalue weighted by Gasteiger charge is -2.37. The number of carbonyl (C=O) groups is 1. The van der Waals surface area contributed by atoms with Crippen molar-refractivity contribution in [1.82, 2.24) is 15.0 Å². The van der Waals surface area contributed by atoms with Crippen LogP contribution in [-0.2, 0) is 9.84 Å². The second-order valence-electron chi connectivity index (χ2n) is 6.78. The Morgan fingerprint density at radius 3 is 2.57 bits per heavy atom. The van der Waals surface area contributed by atoms with Crippen LogP contribution in [0.3, 0.4) is 0 Å². The zero-order valence-corrected chi connectivity index (χ0v) is 16.6. The third-order valence-electron chi connectivity index (χ3n) is 4.94. The maximum Gasteiger partial charge on any atom is 0.388 e. The van der Waals surface area contributed by atoms with Crippen molar-refractivity contribution in [2.45, 2.75) is 36.3 Å². The van der Waals surface area contributed by atoms with Crippen LogP contribution in [0.5, 0.6) is 5.88 Å². The first kappa shape index (κ1) is 21.9. The zero-order valence-electron chi connectivity index (χ0n) is 15.8. The molecule has 3 heterocycles. The summed E-state index contributed by atoms with van der Waals surface area (Å²) in [5.41, 5.74) is 0. The molecule has 1 N–H and O–H groups in total. The van der Waals surface area contributed by atoms with Gasteiger partial charge in [-0.05, 0) is 25.8 Å². The van der Waals surface area contributed by atoms with Gasteiger partial charge in [0, 0.05) is 37.3 Å². The van der Waals surface area contributed by atoms with Gasteiger partial charge in [-0.25, -0.2) is 22.6 Å². The van der Waals surface area contributed by atoms with Crippen LogP contribution in [0, 0.1) is 5.92 Å². The Morgan fingerprint density at radius 1 is 1.33 bits per heavy atom. The molecule has 0 unspecified atom stereocenters. The molecule has 0 saturated carbocycles. The highest BCUT2D eigenvalue weighted by Gasteiger charge is 2.48. The van der Waals surface area contributed by atoms with E-state index in [1.165, 1.54) is 17.2 Å². The number of nitrogens with zero attached hydrogens (tertiary/aromatic N) is 3. The fourth-order valence-electron chi connectivity index (χ4n) is 3.20. The van der Waals surface area contributed by atoms with E-state index < -0.39 is 44.2 Å². The van der Waals surface area contributed by atoms with Crippen LogP contribution in [0.25, 0.3) is 0 Å². The first-order chi connectivity index (χ1) is 14.1. The third-order valence-corrected chi connectivity index (χ3v) is 7.19. The number of anilines is 1. The number of likely N-dealkylation sites (tertiary alicyclic amines) is 1. The summed E-state index contributed by atoms with van der Waals surface area (Å²) in [6.07, 6.45) is 2.30. The highest BCUT2D eigenvalue weighted by atomic mass is 32.2. The number of alkyl halides is 3. The van der Waals surface area contributed by atoms with E-state index in [0.29, 0.717) is 0 Å². The zero-order chi connectivity index (χ0) is 21.9. The van der Waals surface area contributed by atoms with Gasteiger partial charge in [-0.3, -0.25) is 5.32 Å². The van der Waals surface area contributed by atoms with Gasteiger partial charge in [-0.1, -0.05) is 5.16 Å². The smallest absolute Gasteiger partial charge is 0.388 e. The van der Waals surface area contributed by atoms with Gasteiger partial charge in [-0.15, -0.1) is 0 Å².